The molecule has 0 spiro atoms. The molecule has 2 amide bonds. The Kier molecular flexibility index (Phi) is 6.88. The van der Waals surface area contributed by atoms with Crippen molar-refractivity contribution in [2.75, 3.05) is 18.4 Å². The minimum atomic E-state index is -0.823. The first-order chi connectivity index (χ1) is 14.0. The van der Waals surface area contributed by atoms with Crippen molar-refractivity contribution in [3.63, 3.8) is 0 Å². The topological polar surface area (TPSA) is 81.7 Å². The number of benzene rings is 2. The minimum absolute atomic E-state index is 0.0386. The summed E-state index contributed by atoms with van der Waals surface area (Å²) in [4.78, 5) is 25.1. The Morgan fingerprint density at radius 2 is 1.76 bits per heavy atom. The van der Waals surface area contributed by atoms with Crippen molar-refractivity contribution in [3.05, 3.63) is 65.7 Å². The van der Waals surface area contributed by atoms with Crippen molar-refractivity contribution < 1.29 is 14.7 Å². The van der Waals surface area contributed by atoms with Crippen LogP contribution in [0.4, 0.5) is 10.5 Å². The van der Waals surface area contributed by atoms with Crippen LogP contribution in [0.5, 0.6) is 0 Å². The Balaban J connectivity index is 1.49. The number of likely N-dealkylation sites (N-methyl/N-ethyl adjacent to an activating group) is 1. The predicted molar refractivity (Wildman–Crippen MR) is 113 cm³/mol. The molecule has 2 aromatic carbocycles. The lowest BCUT2D eigenvalue weighted by Gasteiger charge is -2.42. The second kappa shape index (κ2) is 9.76. The SMILES string of the molecule is CCN(CC(=O)O)C1CC(NC(=O)Nc2cccc(C#Cc3ccccc3)c2)C1. The number of carbonyl (C=O) groups is 2. The summed E-state index contributed by atoms with van der Waals surface area (Å²) in [6.45, 7) is 2.67. The molecule has 0 saturated heterocycles. The number of hydrogen-bond donors (Lipinski definition) is 3. The van der Waals surface area contributed by atoms with Gasteiger partial charge in [-0.15, -0.1) is 0 Å². The van der Waals surface area contributed by atoms with E-state index in [-0.39, 0.29) is 24.7 Å². The van der Waals surface area contributed by atoms with Gasteiger partial charge in [0, 0.05) is 28.9 Å². The lowest BCUT2D eigenvalue weighted by Crippen LogP contribution is -2.55. The van der Waals surface area contributed by atoms with Gasteiger partial charge in [0.25, 0.3) is 0 Å². The van der Waals surface area contributed by atoms with Crippen molar-refractivity contribution in [1.82, 2.24) is 10.2 Å². The van der Waals surface area contributed by atoms with Gasteiger partial charge in [-0.25, -0.2) is 4.79 Å². The quantitative estimate of drug-likeness (QED) is 0.661. The molecule has 0 unspecified atom stereocenters. The average molecular weight is 391 g/mol. The molecular formula is C23H25N3O3. The van der Waals surface area contributed by atoms with Gasteiger partial charge >= 0.3 is 12.0 Å². The summed E-state index contributed by atoms with van der Waals surface area (Å²) < 4.78 is 0. The smallest absolute Gasteiger partial charge is 0.319 e. The molecule has 3 rings (SSSR count). The Hall–Kier alpha value is -3.30. The summed E-state index contributed by atoms with van der Waals surface area (Å²) in [6, 6.07) is 17.2. The van der Waals surface area contributed by atoms with E-state index < -0.39 is 5.97 Å². The van der Waals surface area contributed by atoms with Gasteiger partial charge in [0.15, 0.2) is 0 Å². The van der Waals surface area contributed by atoms with Gasteiger partial charge in [-0.1, -0.05) is 43.0 Å². The predicted octanol–water partition coefficient (Wildman–Crippen LogP) is 3.15. The van der Waals surface area contributed by atoms with Gasteiger partial charge < -0.3 is 15.7 Å². The van der Waals surface area contributed by atoms with Gasteiger partial charge in [0.2, 0.25) is 0 Å². The highest BCUT2D eigenvalue weighted by Crippen LogP contribution is 2.25. The fraction of sp³-hybridized carbons (Fsp3) is 0.304. The fourth-order valence-corrected chi connectivity index (χ4v) is 3.37. The third-order valence-electron chi connectivity index (χ3n) is 4.95. The van der Waals surface area contributed by atoms with E-state index in [2.05, 4.69) is 22.5 Å². The lowest BCUT2D eigenvalue weighted by atomic mass is 9.85. The van der Waals surface area contributed by atoms with Crippen LogP contribution in [0.3, 0.4) is 0 Å². The molecule has 0 atom stereocenters. The molecule has 6 nitrogen and oxygen atoms in total. The van der Waals surface area contributed by atoms with Crippen molar-refractivity contribution >= 4 is 17.7 Å². The monoisotopic (exact) mass is 391 g/mol. The molecule has 150 valence electrons. The Bertz CT molecular complexity index is 912. The first kappa shape index (κ1) is 20.4. The van der Waals surface area contributed by atoms with Crippen LogP contribution in [0.15, 0.2) is 54.6 Å². The highest BCUT2D eigenvalue weighted by Gasteiger charge is 2.34. The molecule has 1 saturated carbocycles. The molecule has 2 aromatic rings. The zero-order valence-electron chi connectivity index (χ0n) is 16.4. The van der Waals surface area contributed by atoms with Crippen molar-refractivity contribution in [1.29, 1.82) is 0 Å². The maximum absolute atomic E-state index is 12.3. The van der Waals surface area contributed by atoms with E-state index >= 15 is 0 Å². The summed E-state index contributed by atoms with van der Waals surface area (Å²) in [7, 11) is 0. The molecule has 1 aliphatic rings. The molecule has 0 bridgehead atoms. The number of nitrogens with zero attached hydrogens (tertiary/aromatic N) is 1. The van der Waals surface area contributed by atoms with E-state index in [0.717, 1.165) is 24.0 Å². The van der Waals surface area contributed by atoms with Crippen LogP contribution in [0.25, 0.3) is 0 Å². The van der Waals surface area contributed by atoms with E-state index in [1.54, 1.807) is 0 Å². The third-order valence-corrected chi connectivity index (χ3v) is 4.95. The number of anilines is 1. The van der Waals surface area contributed by atoms with Crippen LogP contribution in [-0.4, -0.2) is 47.2 Å². The number of hydrogen-bond acceptors (Lipinski definition) is 3. The molecule has 1 aliphatic carbocycles. The number of amides is 2. The highest BCUT2D eigenvalue weighted by atomic mass is 16.4. The molecule has 3 N–H and O–H groups in total. The maximum atomic E-state index is 12.3. The average Bonchev–Trinajstić information content (AvgIpc) is 2.68. The van der Waals surface area contributed by atoms with Crippen LogP contribution in [0.1, 0.15) is 30.9 Å². The molecule has 0 aliphatic heterocycles. The molecule has 29 heavy (non-hydrogen) atoms. The number of rotatable bonds is 6. The summed E-state index contributed by atoms with van der Waals surface area (Å²) in [5, 5.41) is 14.7. The van der Waals surface area contributed by atoms with E-state index in [4.69, 9.17) is 5.11 Å². The van der Waals surface area contributed by atoms with E-state index in [1.807, 2.05) is 66.4 Å². The van der Waals surface area contributed by atoms with Crippen molar-refractivity contribution in [2.45, 2.75) is 31.8 Å². The highest BCUT2D eigenvalue weighted by molar-refractivity contribution is 5.89. The van der Waals surface area contributed by atoms with Gasteiger partial charge in [-0.3, -0.25) is 9.69 Å². The first-order valence-electron chi connectivity index (χ1n) is 9.74. The molecular weight excluding hydrogens is 366 g/mol. The number of nitrogens with one attached hydrogen (secondary N) is 2. The number of urea groups is 1. The second-order valence-electron chi connectivity index (χ2n) is 7.07. The Morgan fingerprint density at radius 3 is 2.45 bits per heavy atom. The standard InChI is InChI=1S/C23H25N3O3/c1-2-26(16-22(27)28)21-14-20(15-21)25-23(29)24-19-10-6-9-18(13-19)12-11-17-7-4-3-5-8-17/h3-10,13,20-21H,2,14-16H2,1H3,(H,27,28)(H2,24,25,29). The Morgan fingerprint density at radius 1 is 1.07 bits per heavy atom. The van der Waals surface area contributed by atoms with Crippen LogP contribution in [-0.2, 0) is 4.79 Å². The Labute approximate surface area is 170 Å². The summed E-state index contributed by atoms with van der Waals surface area (Å²) >= 11 is 0. The van der Waals surface area contributed by atoms with E-state index in [0.29, 0.717) is 12.2 Å². The number of carboxylic acid groups (broad SMARTS) is 1. The van der Waals surface area contributed by atoms with Crippen LogP contribution >= 0.6 is 0 Å². The summed E-state index contributed by atoms with van der Waals surface area (Å²) in [6.07, 6.45) is 1.52. The van der Waals surface area contributed by atoms with Gasteiger partial charge in [-0.05, 0) is 49.7 Å². The molecule has 0 heterocycles. The van der Waals surface area contributed by atoms with Crippen LogP contribution < -0.4 is 10.6 Å². The van der Waals surface area contributed by atoms with Gasteiger partial charge in [-0.2, -0.15) is 0 Å². The second-order valence-corrected chi connectivity index (χ2v) is 7.07. The lowest BCUT2D eigenvalue weighted by molar-refractivity contribution is -0.139. The first-order valence-corrected chi connectivity index (χ1v) is 9.74. The van der Waals surface area contributed by atoms with Crippen molar-refractivity contribution in [2.24, 2.45) is 0 Å². The van der Waals surface area contributed by atoms with Crippen LogP contribution in [0, 0.1) is 11.8 Å². The number of carboxylic acids is 1. The normalized spacial score (nSPS) is 17.6. The maximum Gasteiger partial charge on any atom is 0.319 e. The third kappa shape index (κ3) is 6.09. The molecule has 6 heteroatoms. The summed E-state index contributed by atoms with van der Waals surface area (Å²) in [5.41, 5.74) is 2.44. The molecule has 1 fully saturated rings. The van der Waals surface area contributed by atoms with E-state index in [1.165, 1.54) is 0 Å². The number of aliphatic carboxylic acids is 1. The fourth-order valence-electron chi connectivity index (χ4n) is 3.37. The van der Waals surface area contributed by atoms with E-state index in [9.17, 15) is 9.59 Å². The molecule has 0 radical (unpaired) electrons. The van der Waals surface area contributed by atoms with Gasteiger partial charge in [0.05, 0.1) is 6.54 Å². The zero-order chi connectivity index (χ0) is 20.6. The summed E-state index contributed by atoms with van der Waals surface area (Å²) in [5.74, 6) is 5.38. The zero-order valence-corrected chi connectivity index (χ0v) is 16.4. The van der Waals surface area contributed by atoms with Crippen LogP contribution in [0.2, 0.25) is 0 Å². The number of carbonyl (C=O) groups excluding carboxylic acids is 1. The van der Waals surface area contributed by atoms with Crippen molar-refractivity contribution in [3.8, 4) is 11.8 Å². The molecule has 0 aromatic heterocycles. The largest absolute Gasteiger partial charge is 0.480 e. The minimum Gasteiger partial charge on any atom is -0.480 e. The van der Waals surface area contributed by atoms with Gasteiger partial charge in [0.1, 0.15) is 0 Å².